The number of para-hydroxylation sites is 1. The van der Waals surface area contributed by atoms with Gasteiger partial charge in [-0.1, -0.05) is 42.0 Å². The van der Waals surface area contributed by atoms with Crippen molar-refractivity contribution < 1.29 is 0 Å². The quantitative estimate of drug-likeness (QED) is 0.715. The minimum Gasteiger partial charge on any atom is -0.374 e. The van der Waals surface area contributed by atoms with Gasteiger partial charge in [0.15, 0.2) is 0 Å². The maximum Gasteiger partial charge on any atom is 0.0931 e. The van der Waals surface area contributed by atoms with Crippen molar-refractivity contribution in [3.8, 4) is 0 Å². The Hall–Kier alpha value is -0.900. The zero-order chi connectivity index (χ0) is 14.4. The normalized spacial score (nSPS) is 27.7. The number of rotatable bonds is 1. The van der Waals surface area contributed by atoms with Crippen LogP contribution in [0, 0.1) is 6.42 Å². The molecule has 4 rings (SSSR count). The van der Waals surface area contributed by atoms with Crippen LogP contribution in [0.2, 0.25) is 4.34 Å². The first kappa shape index (κ1) is 13.7. The number of hydrogen-bond acceptors (Lipinski definition) is 3. The number of hydrogen-bond donors (Lipinski definition) is 1. The molecule has 1 aromatic heterocycles. The fraction of sp³-hybridized carbons (Fsp3) is 0.294. The predicted octanol–water partition coefficient (Wildman–Crippen LogP) is 5.26. The van der Waals surface area contributed by atoms with Gasteiger partial charge in [-0.15, -0.1) is 11.3 Å². The molecule has 1 radical (unpaired) electrons. The third kappa shape index (κ3) is 2.32. The molecule has 0 saturated heterocycles. The molecule has 1 spiro atoms. The second-order valence-electron chi connectivity index (χ2n) is 5.89. The van der Waals surface area contributed by atoms with E-state index in [2.05, 4.69) is 42.1 Å². The third-order valence-electron chi connectivity index (χ3n) is 4.53. The molecule has 1 N–H and O–H groups in total. The summed E-state index contributed by atoms with van der Waals surface area (Å²) in [5.74, 6) is 0.510. The van der Waals surface area contributed by atoms with E-state index in [0.29, 0.717) is 5.92 Å². The van der Waals surface area contributed by atoms with Gasteiger partial charge in [-0.2, -0.15) is 0 Å². The Bertz CT molecular complexity index is 681. The highest BCUT2D eigenvalue weighted by Gasteiger charge is 2.45. The van der Waals surface area contributed by atoms with E-state index in [9.17, 15) is 0 Å². The van der Waals surface area contributed by atoms with Crippen LogP contribution >= 0.6 is 35.2 Å². The van der Waals surface area contributed by atoms with E-state index in [0.717, 1.165) is 28.5 Å². The lowest BCUT2D eigenvalue weighted by molar-refractivity contribution is 0.481. The molecular weight excluding hydrogens is 318 g/mol. The largest absolute Gasteiger partial charge is 0.374 e. The molecule has 1 nitrogen and oxygen atoms in total. The van der Waals surface area contributed by atoms with E-state index in [1.807, 2.05) is 6.07 Å². The first-order valence-electron chi connectivity index (χ1n) is 7.15. The fourth-order valence-electron chi connectivity index (χ4n) is 3.51. The van der Waals surface area contributed by atoms with E-state index in [1.54, 1.807) is 11.3 Å². The molecule has 1 aliphatic carbocycles. The Morgan fingerprint density at radius 2 is 2.10 bits per heavy atom. The maximum absolute atomic E-state index is 6.10. The Morgan fingerprint density at radius 3 is 2.86 bits per heavy atom. The molecule has 4 heteroatoms. The summed E-state index contributed by atoms with van der Waals surface area (Å²) < 4.78 is 0.870. The van der Waals surface area contributed by atoms with Crippen LogP contribution in [-0.2, 0) is 6.42 Å². The van der Waals surface area contributed by atoms with Crippen LogP contribution < -0.4 is 5.32 Å². The number of thiophene rings is 1. The van der Waals surface area contributed by atoms with E-state index in [-0.39, 0.29) is 5.54 Å². The summed E-state index contributed by atoms with van der Waals surface area (Å²) in [6.07, 6.45) is 5.30. The molecule has 2 unspecified atom stereocenters. The van der Waals surface area contributed by atoms with Gasteiger partial charge in [-0.05, 0) is 42.5 Å². The first-order valence-corrected chi connectivity index (χ1v) is 8.75. The summed E-state index contributed by atoms with van der Waals surface area (Å²) in [6, 6.07) is 12.7. The number of halogens is 1. The summed E-state index contributed by atoms with van der Waals surface area (Å²) in [5, 5.41) is 3.71. The number of benzene rings is 1. The van der Waals surface area contributed by atoms with Gasteiger partial charge < -0.3 is 5.32 Å². The number of thiocarbonyl (C=S) groups is 1. The summed E-state index contributed by atoms with van der Waals surface area (Å²) in [6.45, 7) is 0. The molecule has 1 aromatic carbocycles. The van der Waals surface area contributed by atoms with Crippen LogP contribution in [-0.4, -0.2) is 10.4 Å². The standard InChI is InChI=1S/C17H15ClNS2/c18-16-8-6-14(21-16)12-5-7-15(20)17(10-12)9-11-3-1-2-4-13(11)19-17/h1-4,6-8,12,19H,5,9-10H2. The van der Waals surface area contributed by atoms with Gasteiger partial charge >= 0.3 is 0 Å². The molecule has 2 aromatic rings. The van der Waals surface area contributed by atoms with Gasteiger partial charge in [0.25, 0.3) is 0 Å². The second kappa shape index (κ2) is 5.08. The Labute approximate surface area is 139 Å². The summed E-state index contributed by atoms with van der Waals surface area (Å²) in [5.41, 5.74) is 2.52. The topological polar surface area (TPSA) is 12.0 Å². The van der Waals surface area contributed by atoms with E-state index in [4.69, 9.17) is 23.8 Å². The van der Waals surface area contributed by atoms with Crippen molar-refractivity contribution in [3.63, 3.8) is 0 Å². The van der Waals surface area contributed by atoms with Crippen molar-refractivity contribution in [1.29, 1.82) is 0 Å². The average molecular weight is 333 g/mol. The number of fused-ring (bicyclic) bond motifs is 1. The highest BCUT2D eigenvalue weighted by Crippen LogP contribution is 2.46. The minimum atomic E-state index is -0.0849. The lowest BCUT2D eigenvalue weighted by Crippen LogP contribution is -2.48. The maximum atomic E-state index is 6.10. The molecule has 2 aliphatic rings. The highest BCUT2D eigenvalue weighted by molar-refractivity contribution is 7.80. The Balaban J connectivity index is 1.65. The molecule has 0 bridgehead atoms. The number of anilines is 1. The Kier molecular flexibility index (Phi) is 3.32. The van der Waals surface area contributed by atoms with E-state index >= 15 is 0 Å². The van der Waals surface area contributed by atoms with Gasteiger partial charge in [0, 0.05) is 28.3 Å². The van der Waals surface area contributed by atoms with Crippen molar-refractivity contribution in [2.24, 2.45) is 0 Å². The highest BCUT2D eigenvalue weighted by atomic mass is 35.5. The SMILES string of the molecule is S=C1[CH]CC(c2ccc(Cl)s2)CC12Cc1ccccc1N2. The first-order chi connectivity index (χ1) is 10.2. The van der Waals surface area contributed by atoms with Crippen LogP contribution in [0.1, 0.15) is 29.2 Å². The van der Waals surface area contributed by atoms with E-state index < -0.39 is 0 Å². The molecule has 2 atom stereocenters. The van der Waals surface area contributed by atoms with Crippen LogP contribution in [0.3, 0.4) is 0 Å². The van der Waals surface area contributed by atoms with Crippen molar-refractivity contribution in [2.45, 2.75) is 30.7 Å². The molecule has 21 heavy (non-hydrogen) atoms. The third-order valence-corrected chi connectivity index (χ3v) is 6.49. The summed E-state index contributed by atoms with van der Waals surface area (Å²) >= 11 is 13.5. The van der Waals surface area contributed by atoms with Gasteiger partial charge in [-0.3, -0.25) is 0 Å². The lowest BCUT2D eigenvalue weighted by Gasteiger charge is -2.39. The summed E-state index contributed by atoms with van der Waals surface area (Å²) in [7, 11) is 0. The van der Waals surface area contributed by atoms with E-state index in [1.165, 1.54) is 16.1 Å². The summed E-state index contributed by atoms with van der Waals surface area (Å²) in [4.78, 5) is 2.44. The average Bonchev–Trinajstić information content (AvgIpc) is 3.06. The molecule has 1 saturated carbocycles. The van der Waals surface area contributed by atoms with Crippen LogP contribution in [0.5, 0.6) is 0 Å². The van der Waals surface area contributed by atoms with Crippen molar-refractivity contribution in [1.82, 2.24) is 0 Å². The van der Waals surface area contributed by atoms with Crippen LogP contribution in [0.25, 0.3) is 0 Å². The van der Waals surface area contributed by atoms with Gasteiger partial charge in [-0.25, -0.2) is 0 Å². The smallest absolute Gasteiger partial charge is 0.0931 e. The molecule has 2 heterocycles. The van der Waals surface area contributed by atoms with Crippen LogP contribution in [0.4, 0.5) is 5.69 Å². The van der Waals surface area contributed by atoms with Crippen molar-refractivity contribution in [2.75, 3.05) is 5.32 Å². The second-order valence-corrected chi connectivity index (χ2v) is 8.07. The van der Waals surface area contributed by atoms with Gasteiger partial charge in [0.05, 0.1) is 9.88 Å². The van der Waals surface area contributed by atoms with Crippen molar-refractivity contribution in [3.05, 3.63) is 57.6 Å². The zero-order valence-electron chi connectivity index (χ0n) is 11.4. The minimum absolute atomic E-state index is 0.0849. The predicted molar refractivity (Wildman–Crippen MR) is 94.7 cm³/mol. The molecule has 107 valence electrons. The fourth-order valence-corrected chi connectivity index (χ4v) is 4.99. The Morgan fingerprint density at radius 1 is 1.24 bits per heavy atom. The molecule has 1 aliphatic heterocycles. The van der Waals surface area contributed by atoms with Gasteiger partial charge in [0.1, 0.15) is 0 Å². The van der Waals surface area contributed by atoms with Gasteiger partial charge in [0.2, 0.25) is 0 Å². The molecular formula is C17H15ClNS2. The molecule has 0 amide bonds. The molecule has 1 fully saturated rings. The number of nitrogens with one attached hydrogen (secondary N) is 1. The van der Waals surface area contributed by atoms with Crippen molar-refractivity contribution >= 4 is 45.7 Å². The van der Waals surface area contributed by atoms with Crippen LogP contribution in [0.15, 0.2) is 36.4 Å². The lowest BCUT2D eigenvalue weighted by atomic mass is 9.73. The zero-order valence-corrected chi connectivity index (χ0v) is 13.8. The monoisotopic (exact) mass is 332 g/mol.